The summed E-state index contributed by atoms with van der Waals surface area (Å²) in [6, 6.07) is 0. The van der Waals surface area contributed by atoms with E-state index in [9.17, 15) is 4.79 Å². The molecule has 0 saturated heterocycles. The zero-order valence-electron chi connectivity index (χ0n) is 7.56. The van der Waals surface area contributed by atoms with E-state index in [0.29, 0.717) is 13.0 Å². The van der Waals surface area contributed by atoms with Gasteiger partial charge in [-0.25, -0.2) is 0 Å². The van der Waals surface area contributed by atoms with Crippen molar-refractivity contribution in [2.45, 2.75) is 39.5 Å². The van der Waals surface area contributed by atoms with Crippen molar-refractivity contribution < 1.29 is 9.53 Å². The molecule has 0 aromatic rings. The van der Waals surface area contributed by atoms with E-state index in [1.54, 1.807) is 6.92 Å². The minimum Gasteiger partial charge on any atom is -0.381 e. The largest absolute Gasteiger partial charge is 0.381 e. The van der Waals surface area contributed by atoms with E-state index in [2.05, 4.69) is 6.92 Å². The maximum atomic E-state index is 10.5. The van der Waals surface area contributed by atoms with Gasteiger partial charge < -0.3 is 4.74 Å². The van der Waals surface area contributed by atoms with Crippen LogP contribution in [0.3, 0.4) is 0 Å². The fourth-order valence-electron chi connectivity index (χ4n) is 0.772. The fourth-order valence-corrected chi connectivity index (χ4v) is 0.772. The molecule has 0 amide bonds. The molecule has 2 heteroatoms. The molecule has 66 valence electrons. The van der Waals surface area contributed by atoms with Crippen molar-refractivity contribution in [2.24, 2.45) is 0 Å². The van der Waals surface area contributed by atoms with E-state index in [0.717, 1.165) is 13.0 Å². The quantitative estimate of drug-likeness (QED) is 0.531. The summed E-state index contributed by atoms with van der Waals surface area (Å²) in [5.41, 5.74) is 0. The summed E-state index contributed by atoms with van der Waals surface area (Å²) in [5, 5.41) is 0. The van der Waals surface area contributed by atoms with Crippen molar-refractivity contribution in [3.8, 4) is 0 Å². The summed E-state index contributed by atoms with van der Waals surface area (Å²) in [4.78, 5) is 10.5. The Bertz CT molecular complexity index is 99.7. The molecule has 0 aromatic heterocycles. The number of carbonyl (C=O) groups excluding carboxylic acids is 1. The number of hydrogen-bond acceptors (Lipinski definition) is 2. The van der Waals surface area contributed by atoms with E-state index in [1.165, 1.54) is 12.8 Å². The normalized spacial score (nSPS) is 10.0. The van der Waals surface area contributed by atoms with Crippen LogP contribution in [-0.2, 0) is 9.53 Å². The molecule has 0 spiro atoms. The summed E-state index contributed by atoms with van der Waals surface area (Å²) in [6.07, 6.45) is 4.12. The molecule has 0 aliphatic carbocycles. The smallest absolute Gasteiger partial charge is 0.132 e. The molecule has 0 radical (unpaired) electrons. The van der Waals surface area contributed by atoms with Crippen LogP contribution in [0.25, 0.3) is 0 Å². The molecule has 0 fully saturated rings. The molecular weight excluding hydrogens is 140 g/mol. The van der Waals surface area contributed by atoms with E-state index in [4.69, 9.17) is 4.74 Å². The van der Waals surface area contributed by atoms with Crippen molar-refractivity contribution in [3.63, 3.8) is 0 Å². The first-order valence-corrected chi connectivity index (χ1v) is 4.34. The summed E-state index contributed by atoms with van der Waals surface area (Å²) >= 11 is 0. The van der Waals surface area contributed by atoms with Gasteiger partial charge in [-0.2, -0.15) is 0 Å². The maximum absolute atomic E-state index is 10.5. The average molecular weight is 158 g/mol. The predicted octanol–water partition coefficient (Wildman–Crippen LogP) is 2.17. The highest BCUT2D eigenvalue weighted by atomic mass is 16.5. The first kappa shape index (κ1) is 10.6. The van der Waals surface area contributed by atoms with Crippen LogP contribution in [0.2, 0.25) is 0 Å². The van der Waals surface area contributed by atoms with Crippen LogP contribution in [0.4, 0.5) is 0 Å². The summed E-state index contributed by atoms with van der Waals surface area (Å²) < 4.78 is 5.23. The molecule has 0 bridgehead atoms. The van der Waals surface area contributed by atoms with Gasteiger partial charge in [0.15, 0.2) is 0 Å². The molecule has 11 heavy (non-hydrogen) atoms. The SMILES string of the molecule is CCCCCOCCC(C)=O. The Labute approximate surface area is 68.9 Å². The number of rotatable bonds is 7. The first-order valence-electron chi connectivity index (χ1n) is 4.34. The van der Waals surface area contributed by atoms with Crippen molar-refractivity contribution in [1.29, 1.82) is 0 Å². The van der Waals surface area contributed by atoms with Gasteiger partial charge in [0.25, 0.3) is 0 Å². The van der Waals surface area contributed by atoms with Gasteiger partial charge in [0.05, 0.1) is 6.61 Å². The second-order valence-corrected chi connectivity index (χ2v) is 2.77. The Hall–Kier alpha value is -0.370. The molecule has 0 N–H and O–H groups in total. The van der Waals surface area contributed by atoms with Crippen LogP contribution in [0, 0.1) is 0 Å². The highest BCUT2D eigenvalue weighted by molar-refractivity contribution is 5.75. The van der Waals surface area contributed by atoms with Gasteiger partial charge in [-0.1, -0.05) is 19.8 Å². The third kappa shape index (κ3) is 9.63. The Kier molecular flexibility index (Phi) is 7.47. The minimum absolute atomic E-state index is 0.209. The van der Waals surface area contributed by atoms with Crippen LogP contribution < -0.4 is 0 Å². The molecule has 0 aromatic carbocycles. The summed E-state index contributed by atoms with van der Waals surface area (Å²) in [7, 11) is 0. The van der Waals surface area contributed by atoms with Crippen LogP contribution in [-0.4, -0.2) is 19.0 Å². The Morgan fingerprint density at radius 1 is 1.27 bits per heavy atom. The van der Waals surface area contributed by atoms with E-state index < -0.39 is 0 Å². The Balaban J connectivity index is 2.85. The molecule has 0 aliphatic rings. The second kappa shape index (κ2) is 7.73. The van der Waals surface area contributed by atoms with Gasteiger partial charge in [0, 0.05) is 13.0 Å². The zero-order valence-corrected chi connectivity index (χ0v) is 7.56. The topological polar surface area (TPSA) is 26.3 Å². The van der Waals surface area contributed by atoms with Gasteiger partial charge in [-0.3, -0.25) is 4.79 Å². The van der Waals surface area contributed by atoms with Gasteiger partial charge in [0.2, 0.25) is 0 Å². The first-order chi connectivity index (χ1) is 5.27. The van der Waals surface area contributed by atoms with Gasteiger partial charge >= 0.3 is 0 Å². The van der Waals surface area contributed by atoms with Gasteiger partial charge in [-0.15, -0.1) is 0 Å². The third-order valence-corrected chi connectivity index (χ3v) is 1.49. The van der Waals surface area contributed by atoms with Crippen LogP contribution in [0.15, 0.2) is 0 Å². The molecule has 0 unspecified atom stereocenters. The van der Waals surface area contributed by atoms with E-state index >= 15 is 0 Å². The standard InChI is InChI=1S/C9H18O2/c1-3-4-5-7-11-8-6-9(2)10/h3-8H2,1-2H3. The molecule has 2 nitrogen and oxygen atoms in total. The van der Waals surface area contributed by atoms with Crippen molar-refractivity contribution in [2.75, 3.05) is 13.2 Å². The monoisotopic (exact) mass is 158 g/mol. The lowest BCUT2D eigenvalue weighted by Gasteiger charge is -2.00. The zero-order chi connectivity index (χ0) is 8.53. The lowest BCUT2D eigenvalue weighted by atomic mass is 10.3. The van der Waals surface area contributed by atoms with Crippen LogP contribution in [0.5, 0.6) is 0 Å². The average Bonchev–Trinajstić information content (AvgIpc) is 1.96. The second-order valence-electron chi connectivity index (χ2n) is 2.77. The fraction of sp³-hybridized carbons (Fsp3) is 0.889. The predicted molar refractivity (Wildman–Crippen MR) is 45.6 cm³/mol. The van der Waals surface area contributed by atoms with E-state index in [1.807, 2.05) is 0 Å². The number of ketones is 1. The highest BCUT2D eigenvalue weighted by Gasteiger charge is 1.92. The maximum Gasteiger partial charge on any atom is 0.132 e. The molecule has 0 rings (SSSR count). The molecule has 0 aliphatic heterocycles. The number of unbranched alkanes of at least 4 members (excludes halogenated alkanes) is 2. The summed E-state index contributed by atoms with van der Waals surface area (Å²) in [6.45, 7) is 5.16. The number of Topliss-reactive ketones (excluding diaryl/α,β-unsaturated/α-hetero) is 1. The van der Waals surface area contributed by atoms with Crippen molar-refractivity contribution in [1.82, 2.24) is 0 Å². The lowest BCUT2D eigenvalue weighted by molar-refractivity contribution is -0.118. The number of hydrogen-bond donors (Lipinski definition) is 0. The van der Waals surface area contributed by atoms with E-state index in [-0.39, 0.29) is 5.78 Å². The molecular formula is C9H18O2. The molecule has 0 heterocycles. The van der Waals surface area contributed by atoms with Crippen LogP contribution >= 0.6 is 0 Å². The lowest BCUT2D eigenvalue weighted by Crippen LogP contribution is -2.01. The Morgan fingerprint density at radius 2 is 2.00 bits per heavy atom. The van der Waals surface area contributed by atoms with Gasteiger partial charge in [0.1, 0.15) is 5.78 Å². The van der Waals surface area contributed by atoms with Crippen molar-refractivity contribution >= 4 is 5.78 Å². The molecule has 0 atom stereocenters. The number of carbonyl (C=O) groups is 1. The van der Waals surface area contributed by atoms with Gasteiger partial charge in [-0.05, 0) is 13.3 Å². The summed E-state index contributed by atoms with van der Waals surface area (Å²) in [5.74, 6) is 0.209. The highest BCUT2D eigenvalue weighted by Crippen LogP contribution is 1.94. The molecule has 0 saturated carbocycles. The van der Waals surface area contributed by atoms with Crippen molar-refractivity contribution in [3.05, 3.63) is 0 Å². The number of ether oxygens (including phenoxy) is 1. The third-order valence-electron chi connectivity index (χ3n) is 1.49. The van der Waals surface area contributed by atoms with Crippen LogP contribution in [0.1, 0.15) is 39.5 Å². The minimum atomic E-state index is 0.209. The Morgan fingerprint density at radius 3 is 2.55 bits per heavy atom.